The van der Waals surface area contributed by atoms with E-state index in [0.717, 1.165) is 37.0 Å². The van der Waals surface area contributed by atoms with Crippen molar-refractivity contribution in [3.05, 3.63) is 28.0 Å². The molecule has 0 N–H and O–H groups in total. The van der Waals surface area contributed by atoms with E-state index in [1.807, 2.05) is 6.07 Å². The zero-order valence-electron chi connectivity index (χ0n) is 9.58. The Bertz CT molecular complexity index is 371. The summed E-state index contributed by atoms with van der Waals surface area (Å²) in [5.41, 5.74) is 1.06. The van der Waals surface area contributed by atoms with E-state index < -0.39 is 0 Å². The molecule has 0 amide bonds. The number of likely N-dealkylation sites (tertiary alicyclic amines) is 1. The lowest BCUT2D eigenvalue weighted by Gasteiger charge is -2.15. The van der Waals surface area contributed by atoms with Crippen LogP contribution in [0.4, 0.5) is 0 Å². The Balaban J connectivity index is 2.05. The summed E-state index contributed by atoms with van der Waals surface area (Å²) in [5.74, 6) is 1.53. The van der Waals surface area contributed by atoms with Crippen LogP contribution >= 0.6 is 23.2 Å². The van der Waals surface area contributed by atoms with Crippen molar-refractivity contribution in [1.29, 1.82) is 0 Å². The third-order valence-corrected chi connectivity index (χ3v) is 3.89. The molecule has 0 radical (unpaired) electrons. The maximum absolute atomic E-state index is 6.06. The highest BCUT2D eigenvalue weighted by Crippen LogP contribution is 2.25. The molecular formula is C12H16Cl2N2. The summed E-state index contributed by atoms with van der Waals surface area (Å²) < 4.78 is 0. The third kappa shape index (κ3) is 2.68. The fourth-order valence-corrected chi connectivity index (χ4v) is 2.58. The minimum atomic E-state index is 0.455. The number of aromatic nitrogens is 1. The van der Waals surface area contributed by atoms with Crippen molar-refractivity contribution in [2.45, 2.75) is 20.4 Å². The monoisotopic (exact) mass is 258 g/mol. The molecule has 1 aliphatic heterocycles. The Kier molecular flexibility index (Phi) is 3.73. The third-order valence-electron chi connectivity index (χ3n) is 3.35. The molecular weight excluding hydrogens is 243 g/mol. The van der Waals surface area contributed by atoms with E-state index in [0.29, 0.717) is 10.3 Å². The first-order valence-electron chi connectivity index (χ1n) is 5.59. The van der Waals surface area contributed by atoms with Crippen LogP contribution in [0.2, 0.25) is 10.3 Å². The molecule has 0 bridgehead atoms. The second-order valence-corrected chi connectivity index (χ2v) is 5.48. The van der Waals surface area contributed by atoms with Crippen LogP contribution in [0.3, 0.4) is 0 Å². The summed E-state index contributed by atoms with van der Waals surface area (Å²) >= 11 is 11.8. The molecule has 2 rings (SSSR count). The summed E-state index contributed by atoms with van der Waals surface area (Å²) in [7, 11) is 0. The van der Waals surface area contributed by atoms with Gasteiger partial charge in [0.15, 0.2) is 0 Å². The van der Waals surface area contributed by atoms with Crippen molar-refractivity contribution in [3.8, 4) is 0 Å². The zero-order valence-corrected chi connectivity index (χ0v) is 11.1. The molecule has 2 unspecified atom stereocenters. The van der Waals surface area contributed by atoms with Gasteiger partial charge in [0.1, 0.15) is 10.3 Å². The normalized spacial score (nSPS) is 26.2. The molecule has 0 aliphatic carbocycles. The van der Waals surface area contributed by atoms with Gasteiger partial charge in [0.05, 0.1) is 0 Å². The lowest BCUT2D eigenvalue weighted by atomic mass is 10.0. The van der Waals surface area contributed by atoms with E-state index in [2.05, 4.69) is 23.7 Å². The largest absolute Gasteiger partial charge is 0.298 e. The number of rotatable bonds is 2. The molecule has 1 aliphatic rings. The number of halogens is 2. The highest BCUT2D eigenvalue weighted by molar-refractivity contribution is 6.32. The van der Waals surface area contributed by atoms with Gasteiger partial charge in [0, 0.05) is 25.2 Å². The second-order valence-electron chi connectivity index (χ2n) is 4.73. The van der Waals surface area contributed by atoms with Crippen molar-refractivity contribution in [2.75, 3.05) is 13.1 Å². The van der Waals surface area contributed by atoms with Crippen LogP contribution in [0.25, 0.3) is 0 Å². The van der Waals surface area contributed by atoms with Crippen LogP contribution in [0.5, 0.6) is 0 Å². The zero-order chi connectivity index (χ0) is 11.7. The molecule has 0 spiro atoms. The van der Waals surface area contributed by atoms with Gasteiger partial charge in [-0.15, -0.1) is 0 Å². The summed E-state index contributed by atoms with van der Waals surface area (Å²) in [5, 5.41) is 0.983. The Hall–Kier alpha value is -0.310. The highest BCUT2D eigenvalue weighted by atomic mass is 35.5. The van der Waals surface area contributed by atoms with Crippen LogP contribution in [-0.4, -0.2) is 23.0 Å². The number of hydrogen-bond acceptors (Lipinski definition) is 2. The smallest absolute Gasteiger partial charge is 0.135 e. The molecule has 4 heteroatoms. The van der Waals surface area contributed by atoms with Gasteiger partial charge < -0.3 is 0 Å². The molecule has 1 fully saturated rings. The van der Waals surface area contributed by atoms with E-state index in [1.165, 1.54) is 0 Å². The van der Waals surface area contributed by atoms with Crippen LogP contribution in [0.1, 0.15) is 19.4 Å². The highest BCUT2D eigenvalue weighted by Gasteiger charge is 2.26. The van der Waals surface area contributed by atoms with Crippen molar-refractivity contribution in [1.82, 2.24) is 9.88 Å². The van der Waals surface area contributed by atoms with Gasteiger partial charge in [-0.25, -0.2) is 4.98 Å². The topological polar surface area (TPSA) is 16.1 Å². The molecule has 0 saturated carbocycles. The molecule has 2 atom stereocenters. The maximum atomic E-state index is 6.06. The first-order valence-corrected chi connectivity index (χ1v) is 6.35. The van der Waals surface area contributed by atoms with Crippen molar-refractivity contribution >= 4 is 23.2 Å². The molecule has 2 heterocycles. The van der Waals surface area contributed by atoms with E-state index in [4.69, 9.17) is 23.2 Å². The van der Waals surface area contributed by atoms with Crippen molar-refractivity contribution in [3.63, 3.8) is 0 Å². The quantitative estimate of drug-likeness (QED) is 0.756. The molecule has 1 saturated heterocycles. The molecule has 1 aromatic heterocycles. The predicted molar refractivity (Wildman–Crippen MR) is 67.9 cm³/mol. The van der Waals surface area contributed by atoms with E-state index in [9.17, 15) is 0 Å². The lowest BCUT2D eigenvalue weighted by molar-refractivity contribution is 0.316. The van der Waals surface area contributed by atoms with Gasteiger partial charge in [-0.2, -0.15) is 0 Å². The van der Waals surface area contributed by atoms with E-state index >= 15 is 0 Å². The number of pyridine rings is 1. The summed E-state index contributed by atoms with van der Waals surface area (Å²) in [6, 6.07) is 3.76. The first kappa shape index (κ1) is 12.2. The fraction of sp³-hybridized carbons (Fsp3) is 0.583. The number of nitrogens with zero attached hydrogens (tertiary/aromatic N) is 2. The average molecular weight is 259 g/mol. The summed E-state index contributed by atoms with van der Waals surface area (Å²) in [4.78, 5) is 6.48. The van der Waals surface area contributed by atoms with Gasteiger partial charge in [0.2, 0.25) is 0 Å². The van der Waals surface area contributed by atoms with Gasteiger partial charge in [-0.05, 0) is 17.9 Å². The number of hydrogen-bond donors (Lipinski definition) is 0. The van der Waals surface area contributed by atoms with Crippen molar-refractivity contribution in [2.24, 2.45) is 11.8 Å². The van der Waals surface area contributed by atoms with Gasteiger partial charge in [0.25, 0.3) is 0 Å². The van der Waals surface area contributed by atoms with E-state index in [-0.39, 0.29) is 0 Å². The second kappa shape index (κ2) is 4.91. The van der Waals surface area contributed by atoms with Gasteiger partial charge in [-0.3, -0.25) is 4.90 Å². The minimum Gasteiger partial charge on any atom is -0.298 e. The lowest BCUT2D eigenvalue weighted by Crippen LogP contribution is -2.20. The molecule has 1 aromatic rings. The maximum Gasteiger partial charge on any atom is 0.135 e. The summed E-state index contributed by atoms with van der Waals surface area (Å²) in [6.07, 6.45) is 0. The van der Waals surface area contributed by atoms with Crippen LogP contribution in [0.15, 0.2) is 12.1 Å². The Labute approximate surface area is 107 Å². The average Bonchev–Trinajstić information content (AvgIpc) is 2.51. The standard InChI is InChI=1S/C12H16Cl2N2/c1-8-5-16(6-9(8)2)7-10-3-4-11(13)15-12(10)14/h3-4,8-9H,5-7H2,1-2H3. The van der Waals surface area contributed by atoms with Crippen LogP contribution < -0.4 is 0 Å². The Morgan fingerprint density at radius 3 is 2.44 bits per heavy atom. The van der Waals surface area contributed by atoms with Gasteiger partial charge >= 0.3 is 0 Å². The minimum absolute atomic E-state index is 0.455. The Morgan fingerprint density at radius 1 is 1.25 bits per heavy atom. The van der Waals surface area contributed by atoms with Gasteiger partial charge in [-0.1, -0.05) is 43.1 Å². The molecule has 2 nitrogen and oxygen atoms in total. The van der Waals surface area contributed by atoms with Crippen molar-refractivity contribution < 1.29 is 0 Å². The fourth-order valence-electron chi connectivity index (χ4n) is 2.18. The molecule has 88 valence electrons. The molecule has 16 heavy (non-hydrogen) atoms. The summed E-state index contributed by atoms with van der Waals surface area (Å²) in [6.45, 7) is 7.75. The van der Waals surface area contributed by atoms with Crippen LogP contribution in [0, 0.1) is 11.8 Å². The van der Waals surface area contributed by atoms with Crippen LogP contribution in [-0.2, 0) is 6.54 Å². The predicted octanol–water partition coefficient (Wildman–Crippen LogP) is 3.48. The first-order chi connectivity index (χ1) is 7.56. The SMILES string of the molecule is CC1CN(Cc2ccc(Cl)nc2Cl)CC1C. The Morgan fingerprint density at radius 2 is 1.88 bits per heavy atom. The van der Waals surface area contributed by atoms with E-state index in [1.54, 1.807) is 6.07 Å². The molecule has 0 aromatic carbocycles.